The van der Waals surface area contributed by atoms with Gasteiger partial charge >= 0.3 is 0 Å². The average molecular weight is 309 g/mol. The van der Waals surface area contributed by atoms with Crippen LogP contribution in [-0.4, -0.2) is 27.7 Å². The predicted octanol–water partition coefficient (Wildman–Crippen LogP) is 3.50. The third kappa shape index (κ3) is 4.51. The van der Waals surface area contributed by atoms with Crippen molar-refractivity contribution in [2.45, 2.75) is 45.6 Å². The molecule has 2 aromatic heterocycles. The second kappa shape index (κ2) is 8.10. The SMILES string of the molecule is CCCNC(CCC)Cc1nc(-c2ncccc2Cl)no1. The summed E-state index contributed by atoms with van der Waals surface area (Å²) in [5.41, 5.74) is 0.558. The van der Waals surface area contributed by atoms with Crippen LogP contribution in [-0.2, 0) is 6.42 Å². The molecule has 21 heavy (non-hydrogen) atoms. The summed E-state index contributed by atoms with van der Waals surface area (Å²) in [7, 11) is 0. The van der Waals surface area contributed by atoms with Crippen LogP contribution < -0.4 is 5.32 Å². The van der Waals surface area contributed by atoms with E-state index >= 15 is 0 Å². The lowest BCUT2D eigenvalue weighted by atomic mass is 10.1. The van der Waals surface area contributed by atoms with E-state index in [1.807, 2.05) is 0 Å². The van der Waals surface area contributed by atoms with E-state index in [1.165, 1.54) is 0 Å². The highest BCUT2D eigenvalue weighted by molar-refractivity contribution is 6.32. The summed E-state index contributed by atoms with van der Waals surface area (Å²) >= 11 is 6.10. The molecule has 0 aliphatic rings. The fourth-order valence-corrected chi connectivity index (χ4v) is 2.37. The van der Waals surface area contributed by atoms with E-state index in [0.717, 1.165) is 32.2 Å². The Morgan fingerprint density at radius 3 is 2.90 bits per heavy atom. The molecular weight excluding hydrogens is 288 g/mol. The third-order valence-electron chi connectivity index (χ3n) is 3.18. The third-order valence-corrected chi connectivity index (χ3v) is 3.48. The molecule has 0 saturated heterocycles. The summed E-state index contributed by atoms with van der Waals surface area (Å²) in [5, 5.41) is 8.02. The Morgan fingerprint density at radius 1 is 1.33 bits per heavy atom. The Bertz CT molecular complexity index is 558. The maximum atomic E-state index is 6.10. The Morgan fingerprint density at radius 2 is 2.19 bits per heavy atom. The smallest absolute Gasteiger partial charge is 0.228 e. The average Bonchev–Trinajstić information content (AvgIpc) is 2.94. The number of pyridine rings is 1. The van der Waals surface area contributed by atoms with Crippen molar-refractivity contribution in [2.75, 3.05) is 6.54 Å². The molecule has 1 unspecified atom stereocenters. The number of aromatic nitrogens is 3. The van der Waals surface area contributed by atoms with E-state index in [2.05, 4.69) is 34.3 Å². The van der Waals surface area contributed by atoms with Crippen LogP contribution in [0.4, 0.5) is 0 Å². The number of rotatable bonds is 8. The van der Waals surface area contributed by atoms with Gasteiger partial charge in [-0.1, -0.05) is 37.0 Å². The minimum Gasteiger partial charge on any atom is -0.339 e. The van der Waals surface area contributed by atoms with E-state index in [-0.39, 0.29) is 0 Å². The van der Waals surface area contributed by atoms with Crippen LogP contribution in [0.3, 0.4) is 0 Å². The first-order valence-corrected chi connectivity index (χ1v) is 7.79. The van der Waals surface area contributed by atoms with E-state index in [9.17, 15) is 0 Å². The summed E-state index contributed by atoms with van der Waals surface area (Å²) in [6, 6.07) is 3.91. The molecule has 1 N–H and O–H groups in total. The van der Waals surface area contributed by atoms with Gasteiger partial charge in [0.15, 0.2) is 0 Å². The van der Waals surface area contributed by atoms with E-state index in [4.69, 9.17) is 16.1 Å². The Balaban J connectivity index is 2.06. The van der Waals surface area contributed by atoms with Crippen molar-refractivity contribution in [1.29, 1.82) is 0 Å². The summed E-state index contributed by atoms with van der Waals surface area (Å²) in [6.07, 6.45) is 5.71. The summed E-state index contributed by atoms with van der Waals surface area (Å²) in [4.78, 5) is 8.60. The maximum absolute atomic E-state index is 6.10. The number of halogens is 1. The maximum Gasteiger partial charge on any atom is 0.228 e. The van der Waals surface area contributed by atoms with Gasteiger partial charge in [-0.05, 0) is 31.5 Å². The predicted molar refractivity (Wildman–Crippen MR) is 83.2 cm³/mol. The van der Waals surface area contributed by atoms with Gasteiger partial charge in [-0.25, -0.2) is 0 Å². The van der Waals surface area contributed by atoms with Crippen molar-refractivity contribution >= 4 is 11.6 Å². The Labute approximate surface area is 130 Å². The Hall–Kier alpha value is -1.46. The molecule has 0 spiro atoms. The summed E-state index contributed by atoms with van der Waals surface area (Å²) < 4.78 is 5.33. The molecular formula is C15H21ClN4O. The van der Waals surface area contributed by atoms with Crippen LogP contribution in [0.2, 0.25) is 5.02 Å². The number of hydrogen-bond donors (Lipinski definition) is 1. The van der Waals surface area contributed by atoms with Crippen LogP contribution in [0, 0.1) is 0 Å². The lowest BCUT2D eigenvalue weighted by Crippen LogP contribution is -2.31. The van der Waals surface area contributed by atoms with Crippen molar-refractivity contribution in [2.24, 2.45) is 0 Å². The second-order valence-corrected chi connectivity index (χ2v) is 5.40. The van der Waals surface area contributed by atoms with E-state index < -0.39 is 0 Å². The highest BCUT2D eigenvalue weighted by Crippen LogP contribution is 2.22. The molecule has 2 rings (SSSR count). The van der Waals surface area contributed by atoms with Gasteiger partial charge in [0.1, 0.15) is 5.69 Å². The lowest BCUT2D eigenvalue weighted by molar-refractivity contribution is 0.350. The van der Waals surface area contributed by atoms with Gasteiger partial charge in [0.05, 0.1) is 5.02 Å². The molecule has 1 atom stereocenters. The van der Waals surface area contributed by atoms with Gasteiger partial charge in [-0.3, -0.25) is 4.98 Å². The van der Waals surface area contributed by atoms with Gasteiger partial charge in [-0.15, -0.1) is 0 Å². The molecule has 6 heteroatoms. The molecule has 0 saturated carbocycles. The molecule has 0 amide bonds. The molecule has 0 radical (unpaired) electrons. The summed E-state index contributed by atoms with van der Waals surface area (Å²) in [5.74, 6) is 1.06. The minimum atomic E-state index is 0.363. The zero-order valence-electron chi connectivity index (χ0n) is 12.5. The van der Waals surface area contributed by atoms with Crippen LogP contribution >= 0.6 is 11.6 Å². The Kier molecular flexibility index (Phi) is 6.14. The van der Waals surface area contributed by atoms with E-state index in [1.54, 1.807) is 18.3 Å². The van der Waals surface area contributed by atoms with Crippen molar-refractivity contribution < 1.29 is 4.52 Å². The van der Waals surface area contributed by atoms with Crippen molar-refractivity contribution in [1.82, 2.24) is 20.4 Å². The quantitative estimate of drug-likeness (QED) is 0.808. The topological polar surface area (TPSA) is 63.8 Å². The van der Waals surface area contributed by atoms with Crippen LogP contribution in [0.5, 0.6) is 0 Å². The summed E-state index contributed by atoms with van der Waals surface area (Å²) in [6.45, 7) is 5.33. The molecule has 0 aromatic carbocycles. The number of hydrogen-bond acceptors (Lipinski definition) is 5. The second-order valence-electron chi connectivity index (χ2n) is 4.99. The number of nitrogens with one attached hydrogen (secondary N) is 1. The first-order chi connectivity index (χ1) is 10.2. The van der Waals surface area contributed by atoms with Crippen LogP contribution in [0.15, 0.2) is 22.9 Å². The monoisotopic (exact) mass is 308 g/mol. The van der Waals surface area contributed by atoms with Gasteiger partial charge < -0.3 is 9.84 Å². The lowest BCUT2D eigenvalue weighted by Gasteiger charge is -2.15. The zero-order valence-corrected chi connectivity index (χ0v) is 13.2. The first kappa shape index (κ1) is 15.9. The van der Waals surface area contributed by atoms with Crippen molar-refractivity contribution in [3.63, 3.8) is 0 Å². The molecule has 2 aromatic rings. The number of nitrogens with zero attached hydrogens (tertiary/aromatic N) is 3. The molecule has 5 nitrogen and oxygen atoms in total. The van der Waals surface area contributed by atoms with Gasteiger partial charge in [0.25, 0.3) is 0 Å². The highest BCUT2D eigenvalue weighted by atomic mass is 35.5. The van der Waals surface area contributed by atoms with Crippen molar-refractivity contribution in [3.05, 3.63) is 29.2 Å². The molecule has 0 aliphatic carbocycles. The molecule has 2 heterocycles. The normalized spacial score (nSPS) is 12.5. The fourth-order valence-electron chi connectivity index (χ4n) is 2.17. The molecule has 114 valence electrons. The van der Waals surface area contributed by atoms with Gasteiger partial charge in [-0.2, -0.15) is 4.98 Å². The van der Waals surface area contributed by atoms with Crippen LogP contribution in [0.25, 0.3) is 11.5 Å². The molecule has 0 aliphatic heterocycles. The highest BCUT2D eigenvalue weighted by Gasteiger charge is 2.16. The van der Waals surface area contributed by atoms with Crippen molar-refractivity contribution in [3.8, 4) is 11.5 Å². The molecule has 0 fully saturated rings. The largest absolute Gasteiger partial charge is 0.339 e. The molecule has 0 bridgehead atoms. The van der Waals surface area contributed by atoms with Crippen LogP contribution in [0.1, 0.15) is 39.0 Å². The first-order valence-electron chi connectivity index (χ1n) is 7.41. The van der Waals surface area contributed by atoms with E-state index in [0.29, 0.717) is 28.5 Å². The zero-order chi connectivity index (χ0) is 15.1. The fraction of sp³-hybridized carbons (Fsp3) is 0.533. The van der Waals surface area contributed by atoms with Gasteiger partial charge in [0, 0.05) is 18.7 Å². The standard InChI is InChI=1S/C15H21ClN4O/c1-3-6-11(17-8-4-2)10-13-19-15(20-21-13)14-12(16)7-5-9-18-14/h5,7,9,11,17H,3-4,6,8,10H2,1-2H3. The van der Waals surface area contributed by atoms with Gasteiger partial charge in [0.2, 0.25) is 11.7 Å². The minimum absolute atomic E-state index is 0.363.